The third-order valence-corrected chi connectivity index (χ3v) is 4.18. The summed E-state index contributed by atoms with van der Waals surface area (Å²) in [7, 11) is 1.72. The fraction of sp³-hybridized carbons (Fsp3) is 0.556. The molecule has 1 aliphatic rings. The van der Waals surface area contributed by atoms with E-state index in [4.69, 9.17) is 9.15 Å². The van der Waals surface area contributed by atoms with Crippen LogP contribution >= 0.6 is 0 Å². The van der Waals surface area contributed by atoms with E-state index < -0.39 is 0 Å². The van der Waals surface area contributed by atoms with Crippen LogP contribution in [0.3, 0.4) is 0 Å². The molecule has 1 saturated carbocycles. The van der Waals surface area contributed by atoms with Crippen molar-refractivity contribution >= 4 is 11.0 Å². The Morgan fingerprint density at radius 1 is 1.29 bits per heavy atom. The van der Waals surface area contributed by atoms with Crippen LogP contribution in [0.4, 0.5) is 0 Å². The first-order valence-electron chi connectivity index (χ1n) is 7.81. The molecular formula is C18H25NO2. The maximum atomic E-state index is 5.90. The third kappa shape index (κ3) is 3.08. The minimum atomic E-state index is 0.0359. The highest BCUT2D eigenvalue weighted by atomic mass is 16.5. The Morgan fingerprint density at radius 2 is 2.05 bits per heavy atom. The summed E-state index contributed by atoms with van der Waals surface area (Å²) in [6.45, 7) is 7.63. The Hall–Kier alpha value is -1.48. The van der Waals surface area contributed by atoms with Crippen LogP contribution in [0.5, 0.6) is 5.75 Å². The zero-order valence-corrected chi connectivity index (χ0v) is 13.5. The largest absolute Gasteiger partial charge is 0.497 e. The van der Waals surface area contributed by atoms with Gasteiger partial charge in [-0.05, 0) is 48.9 Å². The van der Waals surface area contributed by atoms with Crippen LogP contribution in [0.15, 0.2) is 22.8 Å². The number of ether oxygens (including phenoxy) is 1. The van der Waals surface area contributed by atoms with E-state index in [-0.39, 0.29) is 5.41 Å². The van der Waals surface area contributed by atoms with Crippen molar-refractivity contribution in [2.45, 2.75) is 51.5 Å². The fourth-order valence-corrected chi connectivity index (χ4v) is 2.73. The van der Waals surface area contributed by atoms with Crippen LogP contribution in [0, 0.1) is 0 Å². The lowest BCUT2D eigenvalue weighted by atomic mass is 9.85. The highest BCUT2D eigenvalue weighted by molar-refractivity contribution is 5.86. The molecule has 0 amide bonds. The van der Waals surface area contributed by atoms with Gasteiger partial charge in [-0.15, -0.1) is 0 Å². The monoisotopic (exact) mass is 287 g/mol. The molecule has 1 N–H and O–H groups in total. The van der Waals surface area contributed by atoms with Gasteiger partial charge in [0.25, 0.3) is 0 Å². The summed E-state index contributed by atoms with van der Waals surface area (Å²) in [6.07, 6.45) is 5.57. The number of methoxy groups -OCH3 is 1. The molecule has 3 heteroatoms. The molecule has 3 nitrogen and oxygen atoms in total. The van der Waals surface area contributed by atoms with Crippen molar-refractivity contribution in [2.24, 2.45) is 0 Å². The third-order valence-electron chi connectivity index (χ3n) is 4.18. The normalized spacial score (nSPS) is 15.6. The van der Waals surface area contributed by atoms with E-state index in [1.165, 1.54) is 29.4 Å². The molecule has 0 aliphatic heterocycles. The Balaban J connectivity index is 1.94. The summed E-state index contributed by atoms with van der Waals surface area (Å²) < 4.78 is 11.4. The van der Waals surface area contributed by atoms with E-state index in [0.717, 1.165) is 30.3 Å². The average molecular weight is 287 g/mol. The molecule has 114 valence electrons. The van der Waals surface area contributed by atoms with Crippen LogP contribution in [0.1, 0.15) is 44.7 Å². The Morgan fingerprint density at radius 3 is 2.67 bits per heavy atom. The molecule has 1 aliphatic carbocycles. The van der Waals surface area contributed by atoms with Crippen molar-refractivity contribution in [1.82, 2.24) is 5.32 Å². The average Bonchev–Trinajstić information content (AvgIpc) is 3.17. The first kappa shape index (κ1) is 14.5. The zero-order chi connectivity index (χ0) is 15.0. The molecule has 1 fully saturated rings. The predicted molar refractivity (Wildman–Crippen MR) is 86.2 cm³/mol. The molecule has 1 heterocycles. The molecule has 2 aromatic rings. The first-order chi connectivity index (χ1) is 9.99. The minimum absolute atomic E-state index is 0.0359. The number of hydrogen-bond acceptors (Lipinski definition) is 3. The van der Waals surface area contributed by atoms with Crippen molar-refractivity contribution in [3.63, 3.8) is 0 Å². The van der Waals surface area contributed by atoms with Crippen molar-refractivity contribution < 1.29 is 9.15 Å². The molecule has 0 unspecified atom stereocenters. The Kier molecular flexibility index (Phi) is 3.70. The highest BCUT2D eigenvalue weighted by Gasteiger charge is 2.23. The molecule has 0 spiro atoms. The topological polar surface area (TPSA) is 34.4 Å². The number of fused-ring (bicyclic) bond motifs is 1. The van der Waals surface area contributed by atoms with Crippen molar-refractivity contribution in [1.29, 1.82) is 0 Å². The predicted octanol–water partition coefficient (Wildman–Crippen LogP) is 4.03. The maximum Gasteiger partial charge on any atom is 0.138 e. The van der Waals surface area contributed by atoms with Gasteiger partial charge in [-0.1, -0.05) is 20.8 Å². The van der Waals surface area contributed by atoms with Gasteiger partial charge >= 0.3 is 0 Å². The lowest BCUT2D eigenvalue weighted by Crippen LogP contribution is -2.19. The van der Waals surface area contributed by atoms with Gasteiger partial charge in [0, 0.05) is 17.0 Å². The molecular weight excluding hydrogens is 262 g/mol. The maximum absolute atomic E-state index is 5.90. The summed E-state index contributed by atoms with van der Waals surface area (Å²) in [5, 5.41) is 4.75. The van der Waals surface area contributed by atoms with Crippen LogP contribution < -0.4 is 10.1 Å². The highest BCUT2D eigenvalue weighted by Crippen LogP contribution is 2.36. The SMILES string of the molecule is COc1cc(C(C)(C)C)c2occ(CCNC3CC3)c2c1. The fourth-order valence-electron chi connectivity index (χ4n) is 2.73. The molecule has 0 radical (unpaired) electrons. The van der Waals surface area contributed by atoms with E-state index in [9.17, 15) is 0 Å². The van der Waals surface area contributed by atoms with E-state index in [1.54, 1.807) is 7.11 Å². The second kappa shape index (κ2) is 5.38. The number of furan rings is 1. The minimum Gasteiger partial charge on any atom is -0.497 e. The van der Waals surface area contributed by atoms with Crippen LogP contribution in [-0.2, 0) is 11.8 Å². The number of rotatable bonds is 5. The molecule has 0 atom stereocenters. The van der Waals surface area contributed by atoms with Gasteiger partial charge in [-0.25, -0.2) is 0 Å². The van der Waals surface area contributed by atoms with Gasteiger partial charge in [-0.2, -0.15) is 0 Å². The van der Waals surface area contributed by atoms with Gasteiger partial charge in [-0.3, -0.25) is 0 Å². The van der Waals surface area contributed by atoms with Gasteiger partial charge in [0.2, 0.25) is 0 Å². The van der Waals surface area contributed by atoms with Crippen LogP contribution in [0.25, 0.3) is 11.0 Å². The van der Waals surface area contributed by atoms with Gasteiger partial charge in [0.15, 0.2) is 0 Å². The van der Waals surface area contributed by atoms with Crippen molar-refractivity contribution in [3.05, 3.63) is 29.5 Å². The zero-order valence-electron chi connectivity index (χ0n) is 13.5. The number of nitrogens with one attached hydrogen (secondary N) is 1. The molecule has 21 heavy (non-hydrogen) atoms. The number of benzene rings is 1. The standard InChI is InChI=1S/C18H25NO2/c1-18(2,3)16-10-14(20-4)9-15-12(11-21-17(15)16)7-8-19-13-5-6-13/h9-11,13,19H,5-8H2,1-4H3. The summed E-state index contributed by atoms with van der Waals surface area (Å²) in [6, 6.07) is 4.95. The second-order valence-electron chi connectivity index (χ2n) is 7.04. The second-order valence-corrected chi connectivity index (χ2v) is 7.04. The lowest BCUT2D eigenvalue weighted by Gasteiger charge is -2.20. The molecule has 3 rings (SSSR count). The summed E-state index contributed by atoms with van der Waals surface area (Å²) in [5.41, 5.74) is 3.51. The lowest BCUT2D eigenvalue weighted by molar-refractivity contribution is 0.413. The van der Waals surface area contributed by atoms with Gasteiger partial charge in [0.05, 0.1) is 13.4 Å². The molecule has 1 aromatic heterocycles. The molecule has 1 aromatic carbocycles. The van der Waals surface area contributed by atoms with Crippen molar-refractivity contribution in [2.75, 3.05) is 13.7 Å². The van der Waals surface area contributed by atoms with Crippen molar-refractivity contribution in [3.8, 4) is 5.75 Å². The number of hydrogen-bond donors (Lipinski definition) is 1. The summed E-state index contributed by atoms with van der Waals surface area (Å²) in [4.78, 5) is 0. The Bertz CT molecular complexity index is 632. The smallest absolute Gasteiger partial charge is 0.138 e. The van der Waals surface area contributed by atoms with E-state index in [1.807, 2.05) is 6.26 Å². The van der Waals surface area contributed by atoms with Gasteiger partial charge in [0.1, 0.15) is 11.3 Å². The molecule has 0 saturated heterocycles. The first-order valence-corrected chi connectivity index (χ1v) is 7.81. The van der Waals surface area contributed by atoms with E-state index in [2.05, 4.69) is 38.2 Å². The van der Waals surface area contributed by atoms with E-state index >= 15 is 0 Å². The summed E-state index contributed by atoms with van der Waals surface area (Å²) in [5.74, 6) is 0.908. The molecule has 0 bridgehead atoms. The van der Waals surface area contributed by atoms with Gasteiger partial charge < -0.3 is 14.5 Å². The Labute approximate surface area is 126 Å². The summed E-state index contributed by atoms with van der Waals surface area (Å²) >= 11 is 0. The quantitative estimate of drug-likeness (QED) is 0.901. The van der Waals surface area contributed by atoms with Crippen LogP contribution in [-0.4, -0.2) is 19.7 Å². The van der Waals surface area contributed by atoms with Crippen LogP contribution in [0.2, 0.25) is 0 Å². The van der Waals surface area contributed by atoms with E-state index in [0.29, 0.717) is 0 Å².